The molecule has 2 aromatic rings. The van der Waals surface area contributed by atoms with Crippen LogP contribution in [-0.2, 0) is 51.4 Å². The molecule has 1 amide bonds. The fourth-order valence-electron chi connectivity index (χ4n) is 4.17. The Hall–Kier alpha value is -3.79. The number of aliphatic hydroxyl groups is 2. The van der Waals surface area contributed by atoms with E-state index in [4.69, 9.17) is 32.6 Å². The van der Waals surface area contributed by atoms with Crippen LogP contribution in [0.1, 0.15) is 40.3 Å². The molecule has 1 aliphatic heterocycles. The third-order valence-corrected chi connectivity index (χ3v) is 9.56. The molecule has 0 bridgehead atoms. The molecule has 0 aromatic carbocycles. The molecule has 6 atom stereocenters. The van der Waals surface area contributed by atoms with E-state index < -0.39 is 75.6 Å². The maximum atomic E-state index is 12.2. The number of aliphatic hydroxyl groups excluding tert-OH is 2. The first-order chi connectivity index (χ1) is 21.7. The van der Waals surface area contributed by atoms with Gasteiger partial charge >= 0.3 is 32.6 Å². The number of nitrogens with zero attached hydrogens (tertiary/aromatic N) is 3. The summed E-state index contributed by atoms with van der Waals surface area (Å²) in [5.74, 6) is -3.25. The Morgan fingerprint density at radius 2 is 1.76 bits per heavy atom. The van der Waals surface area contributed by atoms with Gasteiger partial charge in [-0.2, -0.15) is 0 Å². The number of aromatic nitrogens is 4. The quantitative estimate of drug-likeness (QED) is 0.0623. The normalized spacial score (nSPS) is 20.6. The maximum absolute atomic E-state index is 12.2. The Morgan fingerprint density at radius 3 is 2.30 bits per heavy atom. The van der Waals surface area contributed by atoms with E-state index >= 15 is 0 Å². The molecule has 3 rings (SSSR count). The zero-order valence-electron chi connectivity index (χ0n) is 26.6. The Bertz CT molecular complexity index is 1370. The molecular formula is C26H41N5O14Si. The highest BCUT2D eigenvalue weighted by Gasteiger charge is 2.48. The third-order valence-electron chi connectivity index (χ3n) is 6.73. The molecule has 0 radical (unpaired) electrons. The number of rotatable bonds is 13. The van der Waals surface area contributed by atoms with E-state index in [9.17, 15) is 29.1 Å². The lowest BCUT2D eigenvalue weighted by molar-refractivity contribution is -0.159. The molecule has 1 fully saturated rings. The molecule has 20 heteroatoms. The molecule has 258 valence electrons. The van der Waals surface area contributed by atoms with Crippen molar-refractivity contribution in [1.82, 2.24) is 24.8 Å². The highest BCUT2D eigenvalue weighted by molar-refractivity contribution is 6.60. The van der Waals surface area contributed by atoms with Crippen LogP contribution in [-0.4, -0.2) is 127 Å². The summed E-state index contributed by atoms with van der Waals surface area (Å²) in [4.78, 5) is 68.5. The Balaban J connectivity index is 0.000000713. The van der Waals surface area contributed by atoms with Crippen LogP contribution in [0.5, 0.6) is 0 Å². The number of imidazole rings is 1. The molecule has 1 saturated heterocycles. The van der Waals surface area contributed by atoms with E-state index in [1.54, 1.807) is 13.8 Å². The first-order valence-electron chi connectivity index (χ1n) is 14.1. The van der Waals surface area contributed by atoms with Gasteiger partial charge in [0.1, 0.15) is 24.9 Å². The summed E-state index contributed by atoms with van der Waals surface area (Å²) in [6.07, 6.45) is -3.13. The lowest BCUT2D eigenvalue weighted by Gasteiger charge is -2.24. The van der Waals surface area contributed by atoms with Crippen LogP contribution in [0.25, 0.3) is 11.2 Å². The van der Waals surface area contributed by atoms with Crippen LogP contribution in [0, 0.1) is 0 Å². The van der Waals surface area contributed by atoms with E-state index in [-0.39, 0.29) is 23.7 Å². The molecule has 0 saturated carbocycles. The summed E-state index contributed by atoms with van der Waals surface area (Å²) in [7, 11) is 1.60. The second-order valence-electron chi connectivity index (χ2n) is 9.99. The van der Waals surface area contributed by atoms with Gasteiger partial charge in [0.25, 0.3) is 5.56 Å². The van der Waals surface area contributed by atoms with Gasteiger partial charge in [-0.25, -0.2) is 14.8 Å². The van der Waals surface area contributed by atoms with Crippen molar-refractivity contribution in [2.45, 2.75) is 76.9 Å². The minimum Gasteiger partial charge on any atom is -0.460 e. The number of ether oxygens (including phenoxy) is 4. The van der Waals surface area contributed by atoms with E-state index in [1.807, 2.05) is 0 Å². The minimum absolute atomic E-state index is 0.00937. The molecule has 19 nitrogen and oxygen atoms in total. The summed E-state index contributed by atoms with van der Waals surface area (Å²) in [6, 6.07) is 0.413. The van der Waals surface area contributed by atoms with Crippen LogP contribution in [0.4, 0.5) is 0 Å². The SMILES string of the molecule is CC(=O)O[C@@H](C)C(C)O.CO[Si](CCCNC(=O)C(=O)OC[C@H]1O[C@@H](n2cnc3c(=O)[nH]cnc32)C(OC(C)=O)[C@H]1O)(OC)OC. The van der Waals surface area contributed by atoms with E-state index in [2.05, 4.69) is 25.0 Å². The van der Waals surface area contributed by atoms with Gasteiger partial charge in [-0.3, -0.25) is 23.7 Å². The molecule has 1 aliphatic rings. The van der Waals surface area contributed by atoms with Crippen molar-refractivity contribution in [2.75, 3.05) is 34.5 Å². The molecule has 2 aromatic heterocycles. The van der Waals surface area contributed by atoms with Crippen LogP contribution in [0.3, 0.4) is 0 Å². The Morgan fingerprint density at radius 1 is 1.11 bits per heavy atom. The average molecular weight is 676 g/mol. The molecule has 0 spiro atoms. The van der Waals surface area contributed by atoms with Crippen molar-refractivity contribution >= 4 is 43.8 Å². The van der Waals surface area contributed by atoms with Gasteiger partial charge in [-0.1, -0.05) is 0 Å². The lowest BCUT2D eigenvalue weighted by Crippen LogP contribution is -2.43. The average Bonchev–Trinajstić information content (AvgIpc) is 3.57. The first-order valence-corrected chi connectivity index (χ1v) is 16.0. The number of hydrogen-bond donors (Lipinski definition) is 4. The highest BCUT2D eigenvalue weighted by atomic mass is 28.4. The summed E-state index contributed by atoms with van der Waals surface area (Å²) >= 11 is 0. The van der Waals surface area contributed by atoms with Crippen molar-refractivity contribution in [1.29, 1.82) is 0 Å². The summed E-state index contributed by atoms with van der Waals surface area (Å²) in [5, 5.41) is 21.9. The zero-order valence-corrected chi connectivity index (χ0v) is 27.6. The molecule has 46 heavy (non-hydrogen) atoms. The van der Waals surface area contributed by atoms with Gasteiger partial charge < -0.3 is 52.7 Å². The van der Waals surface area contributed by atoms with E-state index in [1.165, 1.54) is 39.1 Å². The van der Waals surface area contributed by atoms with Crippen LogP contribution in [0.2, 0.25) is 6.04 Å². The highest BCUT2D eigenvalue weighted by Crippen LogP contribution is 2.33. The van der Waals surface area contributed by atoms with Gasteiger partial charge in [0.2, 0.25) is 0 Å². The number of esters is 3. The number of carbonyl (C=O) groups is 4. The Kier molecular flexibility index (Phi) is 14.8. The molecule has 0 aliphatic carbocycles. The topological polar surface area (TPSA) is 249 Å². The molecule has 2 unspecified atom stereocenters. The smallest absolute Gasteiger partial charge is 0.460 e. The van der Waals surface area contributed by atoms with Gasteiger partial charge in [0.05, 0.1) is 18.8 Å². The van der Waals surface area contributed by atoms with E-state index in [0.717, 1.165) is 13.3 Å². The van der Waals surface area contributed by atoms with Crippen molar-refractivity contribution < 1.29 is 61.6 Å². The van der Waals surface area contributed by atoms with Crippen molar-refractivity contribution in [3.05, 3.63) is 23.0 Å². The van der Waals surface area contributed by atoms with Crippen LogP contribution >= 0.6 is 0 Å². The van der Waals surface area contributed by atoms with Gasteiger partial charge in [-0.15, -0.1) is 0 Å². The molecular weight excluding hydrogens is 634 g/mol. The fourth-order valence-corrected chi connectivity index (χ4v) is 5.89. The minimum atomic E-state index is -2.80. The summed E-state index contributed by atoms with van der Waals surface area (Å²) in [6.45, 7) is 5.31. The zero-order chi connectivity index (χ0) is 34.6. The predicted molar refractivity (Wildman–Crippen MR) is 157 cm³/mol. The third kappa shape index (κ3) is 10.4. The second kappa shape index (κ2) is 17.8. The monoisotopic (exact) mass is 675 g/mol. The van der Waals surface area contributed by atoms with Crippen molar-refractivity contribution in [2.24, 2.45) is 0 Å². The van der Waals surface area contributed by atoms with E-state index in [0.29, 0.717) is 12.5 Å². The van der Waals surface area contributed by atoms with Crippen LogP contribution in [0.15, 0.2) is 17.4 Å². The lowest BCUT2D eigenvalue weighted by atomic mass is 10.1. The molecule has 3 heterocycles. The number of fused-ring (bicyclic) bond motifs is 1. The standard InChI is InChI=1S/C20H29N5O11Si.C6H12O3/c1-11(26)35-15-14(27)12(36-19(15)25-10-24-13-16(25)22-9-23-17(13)28)8-34-20(30)18(29)21-6-5-7-37(31-2,32-3)33-4;1-4(7)5(2)9-6(3)8/h9-10,12,14-15,19,27H,5-8H2,1-4H3,(H,21,29)(H,22,23,28);4-5,7H,1-3H3/t12-,14+,15?,19-;4?,5-/m10/s1. The predicted octanol–water partition coefficient (Wildman–Crippen LogP) is -1.44. The van der Waals surface area contributed by atoms with Gasteiger partial charge in [0.15, 0.2) is 23.5 Å². The summed E-state index contributed by atoms with van der Waals surface area (Å²) in [5.41, 5.74) is -0.365. The van der Waals surface area contributed by atoms with Crippen molar-refractivity contribution in [3.63, 3.8) is 0 Å². The summed E-state index contributed by atoms with van der Waals surface area (Å²) < 4.78 is 37.8. The Labute approximate surface area is 264 Å². The second-order valence-corrected chi connectivity index (χ2v) is 13.1. The van der Waals surface area contributed by atoms with Crippen molar-refractivity contribution in [3.8, 4) is 0 Å². The van der Waals surface area contributed by atoms with Crippen LogP contribution < -0.4 is 10.9 Å². The number of H-pyrrole nitrogens is 1. The first kappa shape index (κ1) is 38.4. The number of hydrogen-bond acceptors (Lipinski definition) is 16. The molecule has 4 N–H and O–H groups in total. The largest absolute Gasteiger partial charge is 0.500 e. The fraction of sp³-hybridized carbons (Fsp3) is 0.654. The van der Waals surface area contributed by atoms with Gasteiger partial charge in [0, 0.05) is 47.8 Å². The number of amides is 1. The number of nitrogens with one attached hydrogen (secondary N) is 2. The maximum Gasteiger partial charge on any atom is 0.500 e. The van der Waals surface area contributed by atoms with Gasteiger partial charge in [-0.05, 0) is 20.3 Å². The number of carbonyl (C=O) groups excluding carboxylic acids is 4. The number of aromatic amines is 1.